The van der Waals surface area contributed by atoms with E-state index in [-0.39, 0.29) is 18.5 Å². The molecule has 2 aromatic carbocycles. The minimum atomic E-state index is -4.94. The van der Waals surface area contributed by atoms with E-state index in [9.17, 15) is 34.8 Å². The standard InChI is InChI=1S/C35H40F3N3O7/c1-6-41(16-33(2,3)19-10-8-7-9-11-19)15-18-14-22(42)24-20(26(18)35(36,37)38)12-17-13-21-27(40(4)5)29(44)25(32(39)47)31(46)34(21,48)30(45)23(17)28(24)43/h7-11,14,17,21,27,42,44-45,48H,6,12-13,15-16H2,1-5H3,(H2,39,47)/t17-,21-,27-,34-/m0/s1. The highest BCUT2D eigenvalue weighted by Gasteiger charge is 2.63. The van der Waals surface area contributed by atoms with Gasteiger partial charge in [0, 0.05) is 30.0 Å². The number of amides is 1. The van der Waals surface area contributed by atoms with E-state index < -0.39 is 104 Å². The fraction of sp³-hybridized carbons (Fsp3) is 0.457. The average molecular weight is 672 g/mol. The first-order valence-corrected chi connectivity index (χ1v) is 15.6. The van der Waals surface area contributed by atoms with Crippen molar-refractivity contribution in [3.63, 3.8) is 0 Å². The number of allylic oxidation sites excluding steroid dienone is 1. The Kier molecular flexibility index (Phi) is 8.81. The summed E-state index contributed by atoms with van der Waals surface area (Å²) in [6.45, 7) is 6.37. The van der Waals surface area contributed by atoms with Gasteiger partial charge in [-0.3, -0.25) is 24.2 Å². The third-order valence-electron chi connectivity index (χ3n) is 10.1. The number of phenols is 1. The van der Waals surface area contributed by atoms with Crippen LogP contribution in [0.2, 0.25) is 0 Å². The van der Waals surface area contributed by atoms with Crippen LogP contribution in [0.3, 0.4) is 0 Å². The number of rotatable bonds is 8. The first kappa shape index (κ1) is 35.1. The maximum Gasteiger partial charge on any atom is 0.417 e. The highest BCUT2D eigenvalue weighted by Crippen LogP contribution is 2.54. The predicted molar refractivity (Wildman–Crippen MR) is 169 cm³/mol. The topological polar surface area (TPSA) is 165 Å². The summed E-state index contributed by atoms with van der Waals surface area (Å²) in [5, 5.41) is 45.2. The number of carbonyl (C=O) groups is 3. The van der Waals surface area contributed by atoms with E-state index >= 15 is 13.2 Å². The number of nitrogens with two attached hydrogens (primary N) is 1. The van der Waals surface area contributed by atoms with Gasteiger partial charge in [-0.05, 0) is 62.2 Å². The Bertz CT molecular complexity index is 1750. The predicted octanol–water partition coefficient (Wildman–Crippen LogP) is 3.94. The van der Waals surface area contributed by atoms with E-state index in [1.54, 1.807) is 0 Å². The molecular weight excluding hydrogens is 631 g/mol. The highest BCUT2D eigenvalue weighted by atomic mass is 19.4. The fourth-order valence-corrected chi connectivity index (χ4v) is 7.93. The third kappa shape index (κ3) is 5.47. The number of aromatic hydroxyl groups is 1. The number of nitrogens with zero attached hydrogens (tertiary/aromatic N) is 2. The van der Waals surface area contributed by atoms with Crippen molar-refractivity contribution in [3.8, 4) is 5.75 Å². The Morgan fingerprint density at radius 1 is 1.08 bits per heavy atom. The smallest absolute Gasteiger partial charge is 0.417 e. The number of ketones is 2. The van der Waals surface area contributed by atoms with Gasteiger partial charge in [0.05, 0.1) is 17.2 Å². The van der Waals surface area contributed by atoms with Crippen LogP contribution in [0.1, 0.15) is 59.8 Å². The number of alkyl halides is 3. The number of benzene rings is 2. The number of Topliss-reactive ketones (excluding diaryl/α,β-unsaturated/α-hetero) is 2. The van der Waals surface area contributed by atoms with Gasteiger partial charge < -0.3 is 26.2 Å². The largest absolute Gasteiger partial charge is 0.510 e. The van der Waals surface area contributed by atoms with Crippen molar-refractivity contribution in [1.82, 2.24) is 9.80 Å². The molecule has 0 spiro atoms. The quantitative estimate of drug-likeness (QED) is 0.262. The van der Waals surface area contributed by atoms with Gasteiger partial charge >= 0.3 is 6.18 Å². The van der Waals surface area contributed by atoms with Crippen molar-refractivity contribution >= 4 is 17.5 Å². The number of primary amides is 1. The summed E-state index contributed by atoms with van der Waals surface area (Å²) in [5.74, 6) is -9.10. The molecule has 0 radical (unpaired) electrons. The monoisotopic (exact) mass is 671 g/mol. The summed E-state index contributed by atoms with van der Waals surface area (Å²) in [7, 11) is 2.94. The van der Waals surface area contributed by atoms with E-state index in [0.717, 1.165) is 11.6 Å². The lowest BCUT2D eigenvalue weighted by atomic mass is 9.58. The molecule has 13 heteroatoms. The molecule has 0 saturated heterocycles. The SMILES string of the molecule is CCN(Cc1cc(O)c2c(c1C(F)(F)F)C[C@H]1C[C@H]3[C@H](N(C)C)C(O)=C(C(N)=O)C(=O)[C@@]3(O)C(O)=C1C2=O)CC(C)(C)c1ccccc1. The van der Waals surface area contributed by atoms with Crippen LogP contribution in [0.25, 0.3) is 0 Å². The molecule has 48 heavy (non-hydrogen) atoms. The first-order valence-electron chi connectivity index (χ1n) is 15.6. The lowest BCUT2D eigenvalue weighted by Crippen LogP contribution is -2.63. The average Bonchev–Trinajstić information content (AvgIpc) is 2.97. The molecule has 2 aromatic rings. The number of phenolic OH excluding ortho intramolecular Hbond substituents is 1. The summed E-state index contributed by atoms with van der Waals surface area (Å²) in [6, 6.07) is 9.20. The first-order chi connectivity index (χ1) is 22.3. The van der Waals surface area contributed by atoms with Gasteiger partial charge in [0.1, 0.15) is 22.8 Å². The van der Waals surface area contributed by atoms with Gasteiger partial charge in [-0.2, -0.15) is 13.2 Å². The summed E-state index contributed by atoms with van der Waals surface area (Å²) in [5.41, 5.74) is -0.904. The minimum absolute atomic E-state index is 0.191. The van der Waals surface area contributed by atoms with E-state index in [0.29, 0.717) is 13.1 Å². The van der Waals surface area contributed by atoms with Gasteiger partial charge in [-0.1, -0.05) is 51.1 Å². The van der Waals surface area contributed by atoms with E-state index in [2.05, 4.69) is 0 Å². The molecule has 0 saturated carbocycles. The van der Waals surface area contributed by atoms with Crippen LogP contribution < -0.4 is 5.73 Å². The second-order valence-electron chi connectivity index (χ2n) is 13.8. The number of likely N-dealkylation sites (N-methyl/N-ethyl adjacent to an activating group) is 2. The zero-order chi connectivity index (χ0) is 35.7. The number of halogens is 3. The van der Waals surface area contributed by atoms with Crippen molar-refractivity contribution in [3.05, 3.63) is 86.9 Å². The lowest BCUT2D eigenvalue weighted by Gasteiger charge is -2.50. The zero-order valence-electron chi connectivity index (χ0n) is 27.4. The summed E-state index contributed by atoms with van der Waals surface area (Å²) >= 11 is 0. The minimum Gasteiger partial charge on any atom is -0.510 e. The molecule has 3 aliphatic carbocycles. The number of aliphatic hydroxyl groups is 3. The molecule has 4 atom stereocenters. The molecule has 0 aromatic heterocycles. The normalized spacial score (nSPS) is 24.6. The molecule has 0 aliphatic heterocycles. The molecule has 5 rings (SSSR count). The highest BCUT2D eigenvalue weighted by molar-refractivity contribution is 6.24. The summed E-state index contributed by atoms with van der Waals surface area (Å²) in [4.78, 5) is 42.8. The summed E-state index contributed by atoms with van der Waals surface area (Å²) in [6.07, 6.45) is -5.72. The van der Waals surface area contributed by atoms with Crippen molar-refractivity contribution in [2.75, 3.05) is 27.2 Å². The zero-order valence-corrected chi connectivity index (χ0v) is 27.4. The second kappa shape index (κ2) is 12.0. The van der Waals surface area contributed by atoms with Gasteiger partial charge in [0.15, 0.2) is 11.4 Å². The van der Waals surface area contributed by atoms with Crippen molar-refractivity contribution in [2.45, 2.75) is 63.4 Å². The van der Waals surface area contributed by atoms with Gasteiger partial charge in [-0.25, -0.2) is 0 Å². The number of aliphatic hydroxyl groups excluding tert-OH is 2. The Hall–Kier alpha value is -4.20. The van der Waals surface area contributed by atoms with Crippen LogP contribution in [-0.2, 0) is 34.1 Å². The van der Waals surface area contributed by atoms with Crippen molar-refractivity contribution in [1.29, 1.82) is 0 Å². The molecule has 258 valence electrons. The molecule has 0 unspecified atom stereocenters. The maximum absolute atomic E-state index is 15.0. The van der Waals surface area contributed by atoms with Gasteiger partial charge in [0.25, 0.3) is 5.91 Å². The molecule has 0 bridgehead atoms. The molecule has 3 aliphatic rings. The second-order valence-corrected chi connectivity index (χ2v) is 13.8. The van der Waals surface area contributed by atoms with Crippen LogP contribution in [-0.4, -0.2) is 86.5 Å². The van der Waals surface area contributed by atoms with Gasteiger partial charge in [-0.15, -0.1) is 0 Å². The number of hydrogen-bond donors (Lipinski definition) is 5. The van der Waals surface area contributed by atoms with Crippen LogP contribution in [0.4, 0.5) is 13.2 Å². The third-order valence-corrected chi connectivity index (χ3v) is 10.1. The number of fused-ring (bicyclic) bond motifs is 3. The maximum atomic E-state index is 15.0. The Balaban J connectivity index is 1.63. The molecule has 6 N–H and O–H groups in total. The van der Waals surface area contributed by atoms with Crippen molar-refractivity contribution < 1.29 is 48.0 Å². The Morgan fingerprint density at radius 3 is 2.25 bits per heavy atom. The molecular formula is C35H40F3N3O7. The molecule has 0 fully saturated rings. The molecule has 10 nitrogen and oxygen atoms in total. The number of hydrogen-bond acceptors (Lipinski definition) is 9. The lowest BCUT2D eigenvalue weighted by molar-refractivity contribution is -0.148. The fourth-order valence-electron chi connectivity index (χ4n) is 7.93. The summed E-state index contributed by atoms with van der Waals surface area (Å²) < 4.78 is 45.1. The Labute approximate surface area is 276 Å². The van der Waals surface area contributed by atoms with Crippen LogP contribution >= 0.6 is 0 Å². The molecule has 0 heterocycles. The Morgan fingerprint density at radius 2 is 1.71 bits per heavy atom. The number of carbonyl (C=O) groups excluding carboxylic acids is 3. The van der Waals surface area contributed by atoms with Crippen molar-refractivity contribution in [2.24, 2.45) is 17.6 Å². The van der Waals surface area contributed by atoms with Crippen LogP contribution in [0.15, 0.2) is 59.1 Å². The van der Waals surface area contributed by atoms with Crippen LogP contribution in [0, 0.1) is 11.8 Å². The van der Waals surface area contributed by atoms with Gasteiger partial charge in [0.2, 0.25) is 5.78 Å². The van der Waals surface area contributed by atoms with E-state index in [1.165, 1.54) is 19.0 Å². The molecule has 1 amide bonds. The van der Waals surface area contributed by atoms with E-state index in [4.69, 9.17) is 5.73 Å². The van der Waals surface area contributed by atoms with E-state index in [1.807, 2.05) is 56.0 Å². The van der Waals surface area contributed by atoms with Crippen LogP contribution in [0.5, 0.6) is 5.75 Å².